The van der Waals surface area contributed by atoms with E-state index in [4.69, 9.17) is 4.74 Å². The molecule has 1 N–H and O–H groups in total. The Morgan fingerprint density at radius 1 is 1.20 bits per heavy atom. The lowest BCUT2D eigenvalue weighted by Crippen LogP contribution is -2.05. The fraction of sp³-hybridized carbons (Fsp3) is 0.294. The van der Waals surface area contributed by atoms with Crippen molar-refractivity contribution in [1.29, 1.82) is 0 Å². The summed E-state index contributed by atoms with van der Waals surface area (Å²) in [5.41, 5.74) is 2.42. The summed E-state index contributed by atoms with van der Waals surface area (Å²) in [6.45, 7) is 0.669. The van der Waals surface area contributed by atoms with Gasteiger partial charge in [0.1, 0.15) is 11.6 Å². The molecule has 3 heteroatoms. The SMILES string of the molecule is CNCc1ccc(-c2cccc(OC3CC3)c2)c(F)c1. The van der Waals surface area contributed by atoms with Crippen molar-refractivity contribution < 1.29 is 9.13 Å². The topological polar surface area (TPSA) is 21.3 Å². The van der Waals surface area contributed by atoms with Gasteiger partial charge in [-0.1, -0.05) is 24.3 Å². The van der Waals surface area contributed by atoms with E-state index in [0.29, 0.717) is 18.2 Å². The third-order valence-corrected chi connectivity index (χ3v) is 3.39. The molecule has 2 aromatic rings. The lowest BCUT2D eigenvalue weighted by atomic mass is 10.0. The van der Waals surface area contributed by atoms with Crippen LogP contribution in [0.4, 0.5) is 4.39 Å². The molecule has 1 fully saturated rings. The maximum absolute atomic E-state index is 14.2. The highest BCUT2D eigenvalue weighted by Crippen LogP contribution is 2.31. The Bertz CT molecular complexity index is 608. The van der Waals surface area contributed by atoms with Gasteiger partial charge in [-0.3, -0.25) is 0 Å². The molecule has 104 valence electrons. The van der Waals surface area contributed by atoms with Crippen molar-refractivity contribution in [3.05, 3.63) is 53.8 Å². The van der Waals surface area contributed by atoms with Gasteiger partial charge in [0.2, 0.25) is 0 Å². The summed E-state index contributed by atoms with van der Waals surface area (Å²) in [7, 11) is 1.85. The second kappa shape index (κ2) is 5.63. The third-order valence-electron chi connectivity index (χ3n) is 3.39. The molecule has 0 unspecified atom stereocenters. The van der Waals surface area contributed by atoms with E-state index >= 15 is 0 Å². The second-order valence-corrected chi connectivity index (χ2v) is 5.19. The van der Waals surface area contributed by atoms with Crippen molar-refractivity contribution in [2.24, 2.45) is 0 Å². The molecule has 1 saturated carbocycles. The van der Waals surface area contributed by atoms with E-state index in [-0.39, 0.29) is 5.82 Å². The summed E-state index contributed by atoms with van der Waals surface area (Å²) in [4.78, 5) is 0. The molecule has 20 heavy (non-hydrogen) atoms. The molecular formula is C17H18FNO. The number of benzene rings is 2. The minimum atomic E-state index is -0.193. The van der Waals surface area contributed by atoms with Crippen LogP contribution in [-0.2, 0) is 6.54 Å². The van der Waals surface area contributed by atoms with E-state index in [0.717, 1.165) is 29.7 Å². The molecule has 0 amide bonds. The van der Waals surface area contributed by atoms with Crippen molar-refractivity contribution in [1.82, 2.24) is 5.32 Å². The van der Waals surface area contributed by atoms with Crippen LogP contribution in [0.2, 0.25) is 0 Å². The molecule has 3 rings (SSSR count). The maximum atomic E-state index is 14.2. The molecule has 0 spiro atoms. The molecular weight excluding hydrogens is 253 g/mol. The summed E-state index contributed by atoms with van der Waals surface area (Å²) in [5.74, 6) is 0.630. The van der Waals surface area contributed by atoms with Gasteiger partial charge in [0.05, 0.1) is 6.10 Å². The van der Waals surface area contributed by atoms with Crippen LogP contribution in [0.15, 0.2) is 42.5 Å². The van der Waals surface area contributed by atoms with Crippen LogP contribution in [0.3, 0.4) is 0 Å². The zero-order chi connectivity index (χ0) is 13.9. The van der Waals surface area contributed by atoms with Crippen molar-refractivity contribution >= 4 is 0 Å². The highest BCUT2D eigenvalue weighted by molar-refractivity contribution is 5.66. The lowest BCUT2D eigenvalue weighted by Gasteiger charge is -2.09. The standard InChI is InChI=1S/C17H18FNO/c1-19-11-12-5-8-16(17(18)9-12)13-3-2-4-15(10-13)20-14-6-7-14/h2-5,8-10,14,19H,6-7,11H2,1H3. The van der Waals surface area contributed by atoms with Gasteiger partial charge in [0.25, 0.3) is 0 Å². The number of rotatable bonds is 5. The maximum Gasteiger partial charge on any atom is 0.131 e. The van der Waals surface area contributed by atoms with E-state index < -0.39 is 0 Å². The molecule has 0 bridgehead atoms. The smallest absolute Gasteiger partial charge is 0.131 e. The van der Waals surface area contributed by atoms with Gasteiger partial charge in [-0.25, -0.2) is 4.39 Å². The van der Waals surface area contributed by atoms with Crippen LogP contribution in [0.25, 0.3) is 11.1 Å². The Morgan fingerprint density at radius 3 is 2.75 bits per heavy atom. The van der Waals surface area contributed by atoms with Gasteiger partial charge in [0, 0.05) is 12.1 Å². The van der Waals surface area contributed by atoms with Crippen LogP contribution in [0.1, 0.15) is 18.4 Å². The van der Waals surface area contributed by atoms with E-state index in [1.807, 2.05) is 43.4 Å². The van der Waals surface area contributed by atoms with E-state index in [9.17, 15) is 4.39 Å². The highest BCUT2D eigenvalue weighted by Gasteiger charge is 2.23. The minimum Gasteiger partial charge on any atom is -0.490 e. The first-order valence-electron chi connectivity index (χ1n) is 6.96. The predicted octanol–water partition coefficient (Wildman–Crippen LogP) is 3.75. The Balaban J connectivity index is 1.87. The first-order valence-corrected chi connectivity index (χ1v) is 6.96. The largest absolute Gasteiger partial charge is 0.490 e. The molecule has 2 nitrogen and oxygen atoms in total. The van der Waals surface area contributed by atoms with Crippen LogP contribution < -0.4 is 10.1 Å². The summed E-state index contributed by atoms with van der Waals surface area (Å²) < 4.78 is 20.0. The van der Waals surface area contributed by atoms with Crippen LogP contribution in [0, 0.1) is 5.82 Å². The molecule has 0 atom stereocenters. The monoisotopic (exact) mass is 271 g/mol. The number of halogens is 1. The Labute approximate surface area is 118 Å². The summed E-state index contributed by atoms with van der Waals surface area (Å²) in [6.07, 6.45) is 2.60. The van der Waals surface area contributed by atoms with E-state index in [2.05, 4.69) is 5.32 Å². The van der Waals surface area contributed by atoms with Crippen molar-refractivity contribution in [3.8, 4) is 16.9 Å². The molecule has 0 heterocycles. The molecule has 0 radical (unpaired) electrons. The number of ether oxygens (including phenoxy) is 1. The van der Waals surface area contributed by atoms with Gasteiger partial charge in [-0.2, -0.15) is 0 Å². The van der Waals surface area contributed by atoms with Crippen LogP contribution >= 0.6 is 0 Å². The van der Waals surface area contributed by atoms with Crippen LogP contribution in [0.5, 0.6) is 5.75 Å². The second-order valence-electron chi connectivity index (χ2n) is 5.19. The first-order chi connectivity index (χ1) is 9.76. The molecule has 0 aromatic heterocycles. The van der Waals surface area contributed by atoms with Gasteiger partial charge in [-0.05, 0) is 49.2 Å². The number of nitrogens with one attached hydrogen (secondary N) is 1. The number of hydrogen-bond acceptors (Lipinski definition) is 2. The molecule has 2 aromatic carbocycles. The molecule has 1 aliphatic rings. The summed E-state index contributed by atoms with van der Waals surface area (Å²) >= 11 is 0. The highest BCUT2D eigenvalue weighted by atomic mass is 19.1. The Kier molecular flexibility index (Phi) is 3.70. The zero-order valence-corrected chi connectivity index (χ0v) is 11.5. The fourth-order valence-corrected chi connectivity index (χ4v) is 2.22. The fourth-order valence-electron chi connectivity index (χ4n) is 2.22. The van der Waals surface area contributed by atoms with Crippen LogP contribution in [-0.4, -0.2) is 13.2 Å². The van der Waals surface area contributed by atoms with Crippen molar-refractivity contribution in [2.45, 2.75) is 25.5 Å². The molecule has 1 aliphatic carbocycles. The third kappa shape index (κ3) is 2.99. The number of hydrogen-bond donors (Lipinski definition) is 1. The Morgan fingerprint density at radius 2 is 2.05 bits per heavy atom. The van der Waals surface area contributed by atoms with Crippen molar-refractivity contribution in [2.75, 3.05) is 7.05 Å². The van der Waals surface area contributed by atoms with Gasteiger partial charge in [0.15, 0.2) is 0 Å². The summed E-state index contributed by atoms with van der Waals surface area (Å²) in [5, 5.41) is 3.02. The van der Waals surface area contributed by atoms with Gasteiger partial charge in [-0.15, -0.1) is 0 Å². The van der Waals surface area contributed by atoms with E-state index in [1.54, 1.807) is 6.07 Å². The molecule has 0 aliphatic heterocycles. The first kappa shape index (κ1) is 13.1. The lowest BCUT2D eigenvalue weighted by molar-refractivity contribution is 0.303. The normalized spacial score (nSPS) is 14.3. The van der Waals surface area contributed by atoms with Gasteiger partial charge >= 0.3 is 0 Å². The average molecular weight is 271 g/mol. The molecule has 0 saturated heterocycles. The predicted molar refractivity (Wildman–Crippen MR) is 78.2 cm³/mol. The van der Waals surface area contributed by atoms with Crippen molar-refractivity contribution in [3.63, 3.8) is 0 Å². The van der Waals surface area contributed by atoms with Gasteiger partial charge < -0.3 is 10.1 Å². The quantitative estimate of drug-likeness (QED) is 0.894. The average Bonchev–Trinajstić information content (AvgIpc) is 3.23. The minimum absolute atomic E-state index is 0.193. The summed E-state index contributed by atoms with van der Waals surface area (Å²) in [6, 6.07) is 13.0. The van der Waals surface area contributed by atoms with E-state index in [1.165, 1.54) is 0 Å². The zero-order valence-electron chi connectivity index (χ0n) is 11.5. The Hall–Kier alpha value is -1.87.